The van der Waals surface area contributed by atoms with Gasteiger partial charge in [0.1, 0.15) is 0 Å². The number of hydrogen-bond acceptors (Lipinski definition) is 3. The average molecular weight is 238 g/mol. The van der Waals surface area contributed by atoms with Gasteiger partial charge in [-0.2, -0.15) is 5.10 Å². The fraction of sp³-hybridized carbons (Fsp3) is 0.667. The van der Waals surface area contributed by atoms with Gasteiger partial charge < -0.3 is 10.6 Å². The maximum atomic E-state index is 12.2. The van der Waals surface area contributed by atoms with Crippen molar-refractivity contribution in [2.45, 2.75) is 40.0 Å². The van der Waals surface area contributed by atoms with E-state index in [-0.39, 0.29) is 5.91 Å². The molecule has 17 heavy (non-hydrogen) atoms. The van der Waals surface area contributed by atoms with E-state index >= 15 is 0 Å². The Labute approximate surface area is 102 Å². The summed E-state index contributed by atoms with van der Waals surface area (Å²) in [5.74, 6) is -0.0675. The lowest BCUT2D eigenvalue weighted by atomic mass is 10.2. The van der Waals surface area contributed by atoms with Crippen LogP contribution >= 0.6 is 0 Å². The molecule has 0 fully saturated rings. The molecule has 0 bridgehead atoms. The monoisotopic (exact) mass is 238 g/mol. The van der Waals surface area contributed by atoms with Crippen LogP contribution in [0.2, 0.25) is 0 Å². The minimum Gasteiger partial charge on any atom is -0.395 e. The molecule has 1 aromatic rings. The van der Waals surface area contributed by atoms with Crippen molar-refractivity contribution in [2.75, 3.05) is 18.8 Å². The number of carbonyl (C=O) groups is 1. The van der Waals surface area contributed by atoms with Crippen molar-refractivity contribution >= 4 is 11.6 Å². The number of nitrogens with two attached hydrogens (primary N) is 1. The molecule has 0 spiro atoms. The molecule has 1 aromatic heterocycles. The maximum Gasteiger partial charge on any atom is 0.276 e. The first-order valence-corrected chi connectivity index (χ1v) is 6.27. The largest absolute Gasteiger partial charge is 0.395 e. The van der Waals surface area contributed by atoms with Gasteiger partial charge in [-0.1, -0.05) is 20.8 Å². The molecule has 5 heteroatoms. The zero-order valence-corrected chi connectivity index (χ0v) is 10.9. The van der Waals surface area contributed by atoms with E-state index < -0.39 is 0 Å². The van der Waals surface area contributed by atoms with Gasteiger partial charge in [0.2, 0.25) is 0 Å². The third-order valence-electron chi connectivity index (χ3n) is 2.71. The molecular formula is C12H22N4O. The zero-order chi connectivity index (χ0) is 12.8. The minimum atomic E-state index is -0.0675. The van der Waals surface area contributed by atoms with Gasteiger partial charge in [0, 0.05) is 13.1 Å². The SMILES string of the molecule is CCCN(CCC)C(=O)c1n[nH]c(CC)c1N. The van der Waals surface area contributed by atoms with Crippen molar-refractivity contribution in [3.63, 3.8) is 0 Å². The summed E-state index contributed by atoms with van der Waals surface area (Å²) in [6.07, 6.45) is 2.64. The maximum absolute atomic E-state index is 12.2. The number of nitrogens with one attached hydrogen (secondary N) is 1. The van der Waals surface area contributed by atoms with E-state index in [4.69, 9.17) is 5.73 Å². The predicted octanol–water partition coefficient (Wildman–Crippen LogP) is 1.82. The number of carbonyl (C=O) groups excluding carboxylic acids is 1. The van der Waals surface area contributed by atoms with Crippen molar-refractivity contribution in [3.8, 4) is 0 Å². The lowest BCUT2D eigenvalue weighted by Gasteiger charge is -2.20. The van der Waals surface area contributed by atoms with Crippen LogP contribution in [0.4, 0.5) is 5.69 Å². The second-order valence-electron chi connectivity index (χ2n) is 4.11. The van der Waals surface area contributed by atoms with E-state index in [0.29, 0.717) is 11.4 Å². The molecule has 1 amide bonds. The average Bonchev–Trinajstić information content (AvgIpc) is 2.69. The van der Waals surface area contributed by atoms with Gasteiger partial charge in [-0.25, -0.2) is 0 Å². The van der Waals surface area contributed by atoms with Crippen LogP contribution in [0.25, 0.3) is 0 Å². The van der Waals surface area contributed by atoms with Crippen molar-refractivity contribution in [1.29, 1.82) is 0 Å². The Morgan fingerprint density at radius 3 is 2.29 bits per heavy atom. The van der Waals surface area contributed by atoms with Gasteiger partial charge in [-0.05, 0) is 19.3 Å². The van der Waals surface area contributed by atoms with Crippen LogP contribution in [0.5, 0.6) is 0 Å². The number of aryl methyl sites for hydroxylation is 1. The predicted molar refractivity (Wildman–Crippen MR) is 68.9 cm³/mol. The highest BCUT2D eigenvalue weighted by molar-refractivity contribution is 5.97. The molecule has 96 valence electrons. The Morgan fingerprint density at radius 1 is 1.29 bits per heavy atom. The van der Waals surface area contributed by atoms with E-state index in [0.717, 1.165) is 38.0 Å². The lowest BCUT2D eigenvalue weighted by molar-refractivity contribution is 0.0750. The van der Waals surface area contributed by atoms with Crippen LogP contribution < -0.4 is 5.73 Å². The summed E-state index contributed by atoms with van der Waals surface area (Å²) in [4.78, 5) is 14.0. The van der Waals surface area contributed by atoms with E-state index in [1.165, 1.54) is 0 Å². The molecule has 1 rings (SSSR count). The number of nitrogens with zero attached hydrogens (tertiary/aromatic N) is 2. The third-order valence-corrected chi connectivity index (χ3v) is 2.71. The number of aromatic nitrogens is 2. The topological polar surface area (TPSA) is 75.0 Å². The van der Waals surface area contributed by atoms with Crippen LogP contribution in [-0.4, -0.2) is 34.1 Å². The molecule has 5 nitrogen and oxygen atoms in total. The highest BCUT2D eigenvalue weighted by Gasteiger charge is 2.21. The molecule has 0 radical (unpaired) electrons. The molecule has 0 saturated carbocycles. The van der Waals surface area contributed by atoms with Gasteiger partial charge in [0.25, 0.3) is 5.91 Å². The Bertz CT molecular complexity index is 367. The highest BCUT2D eigenvalue weighted by Crippen LogP contribution is 2.16. The van der Waals surface area contributed by atoms with E-state index in [1.807, 2.05) is 11.8 Å². The Kier molecular flexibility index (Phi) is 5.00. The van der Waals surface area contributed by atoms with Gasteiger partial charge >= 0.3 is 0 Å². The summed E-state index contributed by atoms with van der Waals surface area (Å²) in [5, 5.41) is 6.85. The van der Waals surface area contributed by atoms with Crippen molar-refractivity contribution in [3.05, 3.63) is 11.4 Å². The number of amides is 1. The minimum absolute atomic E-state index is 0.0675. The van der Waals surface area contributed by atoms with Gasteiger partial charge in [0.05, 0.1) is 11.4 Å². The molecule has 0 unspecified atom stereocenters. The van der Waals surface area contributed by atoms with Crippen molar-refractivity contribution in [1.82, 2.24) is 15.1 Å². The molecule has 1 heterocycles. The summed E-state index contributed by atoms with van der Waals surface area (Å²) in [6, 6.07) is 0. The lowest BCUT2D eigenvalue weighted by Crippen LogP contribution is -2.33. The van der Waals surface area contributed by atoms with E-state index in [1.54, 1.807) is 0 Å². The second-order valence-corrected chi connectivity index (χ2v) is 4.11. The molecular weight excluding hydrogens is 216 g/mol. The van der Waals surface area contributed by atoms with Crippen LogP contribution in [0.1, 0.15) is 49.8 Å². The van der Waals surface area contributed by atoms with Crippen LogP contribution in [0.15, 0.2) is 0 Å². The second kappa shape index (κ2) is 6.27. The van der Waals surface area contributed by atoms with E-state index in [2.05, 4.69) is 24.0 Å². The quantitative estimate of drug-likeness (QED) is 0.793. The molecule has 0 aliphatic heterocycles. The Balaban J connectivity index is 2.88. The molecule has 0 aliphatic carbocycles. The number of rotatable bonds is 6. The Hall–Kier alpha value is -1.52. The molecule has 0 saturated heterocycles. The molecule has 3 N–H and O–H groups in total. The number of H-pyrrole nitrogens is 1. The third kappa shape index (κ3) is 2.99. The Morgan fingerprint density at radius 2 is 1.88 bits per heavy atom. The van der Waals surface area contributed by atoms with E-state index in [9.17, 15) is 4.79 Å². The zero-order valence-electron chi connectivity index (χ0n) is 10.9. The summed E-state index contributed by atoms with van der Waals surface area (Å²) in [6.45, 7) is 7.59. The fourth-order valence-corrected chi connectivity index (χ4v) is 1.82. The van der Waals surface area contributed by atoms with Crippen LogP contribution in [0, 0.1) is 0 Å². The highest BCUT2D eigenvalue weighted by atomic mass is 16.2. The van der Waals surface area contributed by atoms with Gasteiger partial charge in [-0.15, -0.1) is 0 Å². The normalized spacial score (nSPS) is 10.5. The first-order chi connectivity index (χ1) is 8.15. The molecule has 0 aromatic carbocycles. The standard InChI is InChI=1S/C12H22N4O/c1-4-7-16(8-5-2)12(17)11-10(13)9(6-3)14-15-11/h4-8,13H2,1-3H3,(H,14,15). The summed E-state index contributed by atoms with van der Waals surface area (Å²) in [5.41, 5.74) is 7.60. The number of aromatic amines is 1. The first-order valence-electron chi connectivity index (χ1n) is 6.27. The summed E-state index contributed by atoms with van der Waals surface area (Å²) < 4.78 is 0. The van der Waals surface area contributed by atoms with Crippen LogP contribution in [0.3, 0.4) is 0 Å². The smallest absolute Gasteiger partial charge is 0.276 e. The number of nitrogen functional groups attached to an aromatic ring is 1. The van der Waals surface area contributed by atoms with Crippen molar-refractivity contribution in [2.24, 2.45) is 0 Å². The van der Waals surface area contributed by atoms with Crippen molar-refractivity contribution < 1.29 is 4.79 Å². The van der Waals surface area contributed by atoms with Crippen LogP contribution in [-0.2, 0) is 6.42 Å². The number of hydrogen-bond donors (Lipinski definition) is 2. The molecule has 0 aliphatic rings. The van der Waals surface area contributed by atoms with Gasteiger partial charge in [-0.3, -0.25) is 9.89 Å². The fourth-order valence-electron chi connectivity index (χ4n) is 1.82. The summed E-state index contributed by atoms with van der Waals surface area (Å²) in [7, 11) is 0. The molecule has 0 atom stereocenters. The first kappa shape index (κ1) is 13.5. The summed E-state index contributed by atoms with van der Waals surface area (Å²) >= 11 is 0. The van der Waals surface area contributed by atoms with Gasteiger partial charge in [0.15, 0.2) is 5.69 Å². The number of anilines is 1.